The third kappa shape index (κ3) is 37.5. The minimum absolute atomic E-state index is 0.0650. The van der Waals surface area contributed by atoms with Gasteiger partial charge >= 0.3 is 17.9 Å². The Morgan fingerprint density at radius 2 is 0.673 bits per heavy atom. The van der Waals surface area contributed by atoms with Gasteiger partial charge in [-0.05, 0) is 25.2 Å². The SMILES string of the molecule is CCCCCCCCCCCCCCCC(=O)OC[C@H](COC(=O)CCCCCCCCC(C)C)OC(=O)CCCCCCCCCCC. The molecule has 0 aromatic heterocycles. The molecule has 6 nitrogen and oxygen atoms in total. The maximum Gasteiger partial charge on any atom is 0.306 e. The Labute approximate surface area is 304 Å². The molecule has 0 fully saturated rings. The number of hydrogen-bond acceptors (Lipinski definition) is 6. The average molecular weight is 695 g/mol. The van der Waals surface area contributed by atoms with Crippen molar-refractivity contribution in [2.75, 3.05) is 13.2 Å². The maximum atomic E-state index is 12.6. The van der Waals surface area contributed by atoms with Crippen LogP contribution < -0.4 is 0 Å². The van der Waals surface area contributed by atoms with Crippen molar-refractivity contribution in [2.24, 2.45) is 5.92 Å². The van der Waals surface area contributed by atoms with Gasteiger partial charge in [0, 0.05) is 19.3 Å². The molecular weight excluding hydrogens is 612 g/mol. The van der Waals surface area contributed by atoms with Crippen LogP contribution in [0.2, 0.25) is 0 Å². The number of ether oxygens (including phenoxy) is 3. The summed E-state index contributed by atoms with van der Waals surface area (Å²) in [6, 6.07) is 0. The summed E-state index contributed by atoms with van der Waals surface area (Å²) in [7, 11) is 0. The van der Waals surface area contributed by atoms with Crippen molar-refractivity contribution in [1.29, 1.82) is 0 Å². The normalized spacial score (nSPS) is 11.9. The third-order valence-corrected chi connectivity index (χ3v) is 9.54. The second kappa shape index (κ2) is 37.7. The van der Waals surface area contributed by atoms with Crippen molar-refractivity contribution >= 4 is 17.9 Å². The van der Waals surface area contributed by atoms with E-state index in [1.807, 2.05) is 0 Å². The molecule has 0 N–H and O–H groups in total. The van der Waals surface area contributed by atoms with E-state index >= 15 is 0 Å². The average Bonchev–Trinajstić information content (AvgIpc) is 3.08. The fourth-order valence-corrected chi connectivity index (χ4v) is 6.27. The molecule has 0 aliphatic carbocycles. The summed E-state index contributed by atoms with van der Waals surface area (Å²) in [5.41, 5.74) is 0. The van der Waals surface area contributed by atoms with Gasteiger partial charge in [0.05, 0.1) is 0 Å². The Bertz CT molecular complexity index is 736. The largest absolute Gasteiger partial charge is 0.462 e. The molecule has 0 bridgehead atoms. The lowest BCUT2D eigenvalue weighted by Crippen LogP contribution is -2.30. The number of carbonyl (C=O) groups excluding carboxylic acids is 3. The van der Waals surface area contributed by atoms with E-state index < -0.39 is 6.10 Å². The van der Waals surface area contributed by atoms with Gasteiger partial charge in [-0.3, -0.25) is 14.4 Å². The Hall–Kier alpha value is -1.59. The molecular formula is C43H82O6. The van der Waals surface area contributed by atoms with E-state index in [2.05, 4.69) is 27.7 Å². The fourth-order valence-electron chi connectivity index (χ4n) is 6.27. The molecule has 0 saturated carbocycles. The number of esters is 3. The van der Waals surface area contributed by atoms with Crippen LogP contribution >= 0.6 is 0 Å². The molecule has 290 valence electrons. The first-order valence-electron chi connectivity index (χ1n) is 21.4. The van der Waals surface area contributed by atoms with E-state index in [0.717, 1.165) is 63.7 Å². The summed E-state index contributed by atoms with van der Waals surface area (Å²) in [5, 5.41) is 0. The van der Waals surface area contributed by atoms with Crippen LogP contribution in [0, 0.1) is 5.92 Å². The van der Waals surface area contributed by atoms with E-state index in [4.69, 9.17) is 14.2 Å². The van der Waals surface area contributed by atoms with E-state index in [-0.39, 0.29) is 31.1 Å². The summed E-state index contributed by atoms with van der Waals surface area (Å²) < 4.78 is 16.6. The summed E-state index contributed by atoms with van der Waals surface area (Å²) in [6.45, 7) is 8.89. The van der Waals surface area contributed by atoms with Gasteiger partial charge in [-0.15, -0.1) is 0 Å². The Balaban J connectivity index is 4.30. The van der Waals surface area contributed by atoms with Crippen LogP contribution in [-0.4, -0.2) is 37.2 Å². The van der Waals surface area contributed by atoms with Crippen molar-refractivity contribution in [2.45, 2.75) is 239 Å². The Morgan fingerprint density at radius 1 is 0.388 bits per heavy atom. The van der Waals surface area contributed by atoms with E-state index in [1.54, 1.807) is 0 Å². The molecule has 0 rings (SSSR count). The number of carbonyl (C=O) groups is 3. The van der Waals surface area contributed by atoms with Gasteiger partial charge in [0.15, 0.2) is 6.10 Å². The predicted molar refractivity (Wildman–Crippen MR) is 206 cm³/mol. The molecule has 0 saturated heterocycles. The predicted octanol–water partition coefficient (Wildman–Crippen LogP) is 13.2. The monoisotopic (exact) mass is 695 g/mol. The molecule has 49 heavy (non-hydrogen) atoms. The highest BCUT2D eigenvalue weighted by atomic mass is 16.6. The maximum absolute atomic E-state index is 12.6. The van der Waals surface area contributed by atoms with E-state index in [9.17, 15) is 14.4 Å². The molecule has 6 heteroatoms. The summed E-state index contributed by atoms with van der Waals surface area (Å²) in [5.74, 6) is -0.102. The van der Waals surface area contributed by atoms with Gasteiger partial charge in [-0.1, -0.05) is 195 Å². The summed E-state index contributed by atoms with van der Waals surface area (Å²) in [6.07, 6.45) is 35.3. The van der Waals surface area contributed by atoms with Crippen molar-refractivity contribution in [3.63, 3.8) is 0 Å². The lowest BCUT2D eigenvalue weighted by Gasteiger charge is -2.18. The van der Waals surface area contributed by atoms with Crippen LogP contribution in [0.25, 0.3) is 0 Å². The van der Waals surface area contributed by atoms with Gasteiger partial charge in [0.25, 0.3) is 0 Å². The zero-order valence-corrected chi connectivity index (χ0v) is 33.1. The highest BCUT2D eigenvalue weighted by Gasteiger charge is 2.19. The standard InChI is InChI=1S/C43H82O6/c1-5-7-9-11-13-15-16-17-18-20-21-26-30-34-41(44)47-37-40(49-43(46)36-32-28-22-19-14-12-10-8-6-2)38-48-42(45)35-31-27-24-23-25-29-33-39(3)4/h39-40H,5-38H2,1-4H3/t40-/m1/s1. The lowest BCUT2D eigenvalue weighted by molar-refractivity contribution is -0.167. The summed E-state index contributed by atoms with van der Waals surface area (Å²) >= 11 is 0. The minimum Gasteiger partial charge on any atom is -0.462 e. The number of rotatable bonds is 38. The third-order valence-electron chi connectivity index (χ3n) is 9.54. The Morgan fingerprint density at radius 3 is 1.00 bits per heavy atom. The second-order valence-corrected chi connectivity index (χ2v) is 15.1. The molecule has 0 unspecified atom stereocenters. The topological polar surface area (TPSA) is 78.9 Å². The van der Waals surface area contributed by atoms with Crippen molar-refractivity contribution < 1.29 is 28.6 Å². The molecule has 1 atom stereocenters. The smallest absolute Gasteiger partial charge is 0.306 e. The van der Waals surface area contributed by atoms with Gasteiger partial charge in [-0.25, -0.2) is 0 Å². The number of hydrogen-bond donors (Lipinski definition) is 0. The molecule has 0 radical (unpaired) electrons. The van der Waals surface area contributed by atoms with Crippen LogP contribution in [0.4, 0.5) is 0 Å². The highest BCUT2D eigenvalue weighted by Crippen LogP contribution is 2.15. The van der Waals surface area contributed by atoms with Crippen LogP contribution in [0.3, 0.4) is 0 Å². The van der Waals surface area contributed by atoms with Crippen molar-refractivity contribution in [1.82, 2.24) is 0 Å². The van der Waals surface area contributed by atoms with Crippen LogP contribution in [0.5, 0.6) is 0 Å². The Kier molecular flexibility index (Phi) is 36.4. The zero-order chi connectivity index (χ0) is 36.0. The first-order valence-corrected chi connectivity index (χ1v) is 21.4. The van der Waals surface area contributed by atoms with Gasteiger partial charge in [0.2, 0.25) is 0 Å². The van der Waals surface area contributed by atoms with E-state index in [1.165, 1.54) is 128 Å². The van der Waals surface area contributed by atoms with Crippen LogP contribution in [0.1, 0.15) is 233 Å². The van der Waals surface area contributed by atoms with Crippen molar-refractivity contribution in [3.05, 3.63) is 0 Å². The van der Waals surface area contributed by atoms with Gasteiger partial charge in [-0.2, -0.15) is 0 Å². The van der Waals surface area contributed by atoms with Crippen LogP contribution in [-0.2, 0) is 28.6 Å². The highest BCUT2D eigenvalue weighted by molar-refractivity contribution is 5.71. The summed E-state index contributed by atoms with van der Waals surface area (Å²) in [4.78, 5) is 37.5. The molecule has 0 amide bonds. The minimum atomic E-state index is -0.758. The van der Waals surface area contributed by atoms with Gasteiger partial charge < -0.3 is 14.2 Å². The lowest BCUT2D eigenvalue weighted by atomic mass is 10.0. The second-order valence-electron chi connectivity index (χ2n) is 15.1. The molecule has 0 aliphatic heterocycles. The first kappa shape index (κ1) is 47.4. The quantitative estimate of drug-likeness (QED) is 0.0364. The zero-order valence-electron chi connectivity index (χ0n) is 33.1. The molecule has 0 aromatic carbocycles. The molecule has 0 spiro atoms. The fraction of sp³-hybridized carbons (Fsp3) is 0.930. The van der Waals surface area contributed by atoms with Crippen LogP contribution in [0.15, 0.2) is 0 Å². The van der Waals surface area contributed by atoms with Crippen molar-refractivity contribution in [3.8, 4) is 0 Å². The first-order chi connectivity index (χ1) is 23.9. The van der Waals surface area contributed by atoms with E-state index in [0.29, 0.717) is 19.3 Å². The molecule has 0 heterocycles. The molecule has 0 aromatic rings. The van der Waals surface area contributed by atoms with Gasteiger partial charge in [0.1, 0.15) is 13.2 Å². The number of unbranched alkanes of at least 4 members (excludes halogenated alkanes) is 25. The molecule has 0 aliphatic rings.